The van der Waals surface area contributed by atoms with Crippen molar-refractivity contribution in [2.75, 3.05) is 6.54 Å². The van der Waals surface area contributed by atoms with Gasteiger partial charge in [-0.05, 0) is 38.3 Å². The van der Waals surface area contributed by atoms with E-state index in [1.807, 2.05) is 6.20 Å². The Hall–Kier alpha value is -1.95. The Labute approximate surface area is 128 Å². The zero-order chi connectivity index (χ0) is 14.9. The average molecular weight is 300 g/mol. The lowest BCUT2D eigenvalue weighted by atomic mass is 10.2. The van der Waals surface area contributed by atoms with Gasteiger partial charge in [0, 0.05) is 24.2 Å². The number of aromatic nitrogens is 3. The lowest BCUT2D eigenvalue weighted by Crippen LogP contribution is -2.36. The number of hydrogen-bond acceptors (Lipinski definition) is 5. The van der Waals surface area contributed by atoms with Gasteiger partial charge in [0.25, 0.3) is 5.56 Å². The molecule has 6 heteroatoms. The molecular weight excluding hydrogens is 280 g/mol. The number of likely N-dealkylation sites (tertiary alicyclic amines) is 1. The largest absolute Gasteiger partial charge is 0.444 e. The molecule has 0 bridgehead atoms. The summed E-state index contributed by atoms with van der Waals surface area (Å²) in [7, 11) is 0. The van der Waals surface area contributed by atoms with Gasteiger partial charge in [-0.1, -0.05) is 0 Å². The first kappa shape index (κ1) is 13.7. The Morgan fingerprint density at radius 2 is 2.23 bits per heavy atom. The maximum absolute atomic E-state index is 11.8. The second-order valence-electron chi connectivity index (χ2n) is 6.24. The highest BCUT2D eigenvalue weighted by Gasteiger charge is 2.29. The van der Waals surface area contributed by atoms with E-state index in [0.717, 1.165) is 37.6 Å². The first-order chi connectivity index (χ1) is 10.8. The topological polar surface area (TPSA) is 64.2 Å². The summed E-state index contributed by atoms with van der Waals surface area (Å²) in [4.78, 5) is 18.6. The van der Waals surface area contributed by atoms with Crippen LogP contribution in [0.1, 0.15) is 43.3 Å². The molecular formula is C16H20N4O2. The zero-order valence-corrected chi connectivity index (χ0v) is 12.5. The Balaban J connectivity index is 1.44. The van der Waals surface area contributed by atoms with E-state index >= 15 is 0 Å². The fourth-order valence-electron chi connectivity index (χ4n) is 3.16. The van der Waals surface area contributed by atoms with Crippen LogP contribution in [-0.4, -0.2) is 32.3 Å². The van der Waals surface area contributed by atoms with Crippen molar-refractivity contribution < 1.29 is 4.42 Å². The Morgan fingerprint density at radius 3 is 3.05 bits per heavy atom. The highest BCUT2D eigenvalue weighted by atomic mass is 16.4. The van der Waals surface area contributed by atoms with Gasteiger partial charge in [-0.3, -0.25) is 9.69 Å². The second-order valence-corrected chi connectivity index (χ2v) is 6.24. The van der Waals surface area contributed by atoms with Crippen molar-refractivity contribution in [2.24, 2.45) is 0 Å². The van der Waals surface area contributed by atoms with Crippen LogP contribution >= 0.6 is 0 Å². The quantitative estimate of drug-likeness (QED) is 0.842. The van der Waals surface area contributed by atoms with E-state index < -0.39 is 0 Å². The minimum atomic E-state index is -0.0403. The SMILES string of the molecule is O=c1cccnn1CC1CCCN1Cc1ncc(C2CC2)o1. The maximum Gasteiger partial charge on any atom is 0.266 e. The maximum atomic E-state index is 11.8. The molecule has 2 fully saturated rings. The third-order valence-corrected chi connectivity index (χ3v) is 4.56. The van der Waals surface area contributed by atoms with E-state index in [-0.39, 0.29) is 5.56 Å². The minimum absolute atomic E-state index is 0.0403. The van der Waals surface area contributed by atoms with Gasteiger partial charge in [0.05, 0.1) is 19.3 Å². The molecule has 0 N–H and O–H groups in total. The van der Waals surface area contributed by atoms with Crippen molar-refractivity contribution in [3.8, 4) is 0 Å². The van der Waals surface area contributed by atoms with Crippen molar-refractivity contribution in [1.82, 2.24) is 19.7 Å². The fourth-order valence-corrected chi connectivity index (χ4v) is 3.16. The summed E-state index contributed by atoms with van der Waals surface area (Å²) >= 11 is 0. The zero-order valence-electron chi connectivity index (χ0n) is 12.5. The number of hydrogen-bond donors (Lipinski definition) is 0. The molecule has 2 aliphatic rings. The molecule has 2 aromatic heterocycles. The standard InChI is InChI=1S/C16H20N4O2/c21-16-4-1-7-18-20(16)10-13-3-2-8-19(13)11-15-17-9-14(22-15)12-5-6-12/h1,4,7,9,12-13H,2-3,5-6,8,10-11H2. The van der Waals surface area contributed by atoms with Gasteiger partial charge in [0.1, 0.15) is 5.76 Å². The van der Waals surface area contributed by atoms with Crippen LogP contribution in [0.15, 0.2) is 33.7 Å². The van der Waals surface area contributed by atoms with E-state index in [0.29, 0.717) is 18.5 Å². The van der Waals surface area contributed by atoms with Crippen LogP contribution in [-0.2, 0) is 13.1 Å². The first-order valence-electron chi connectivity index (χ1n) is 8.00. The molecule has 1 aliphatic carbocycles. The van der Waals surface area contributed by atoms with Crippen LogP contribution in [0.5, 0.6) is 0 Å². The van der Waals surface area contributed by atoms with Crippen molar-refractivity contribution >= 4 is 0 Å². The molecule has 3 heterocycles. The van der Waals surface area contributed by atoms with Crippen LogP contribution < -0.4 is 5.56 Å². The van der Waals surface area contributed by atoms with Gasteiger partial charge in [-0.2, -0.15) is 5.10 Å². The molecule has 0 radical (unpaired) electrons. The molecule has 1 saturated carbocycles. The molecule has 0 aromatic carbocycles. The van der Waals surface area contributed by atoms with Crippen LogP contribution in [0.2, 0.25) is 0 Å². The lowest BCUT2D eigenvalue weighted by molar-refractivity contribution is 0.196. The summed E-state index contributed by atoms with van der Waals surface area (Å²) < 4.78 is 7.40. The number of oxazole rings is 1. The average Bonchev–Trinajstić information content (AvgIpc) is 3.12. The summed E-state index contributed by atoms with van der Waals surface area (Å²) in [5.74, 6) is 2.43. The van der Waals surface area contributed by atoms with Crippen LogP contribution in [0.4, 0.5) is 0 Å². The van der Waals surface area contributed by atoms with Gasteiger partial charge < -0.3 is 4.42 Å². The van der Waals surface area contributed by atoms with Gasteiger partial charge in [0.2, 0.25) is 5.89 Å². The molecule has 6 nitrogen and oxygen atoms in total. The third kappa shape index (κ3) is 2.83. The number of rotatable bonds is 5. The third-order valence-electron chi connectivity index (χ3n) is 4.56. The summed E-state index contributed by atoms with van der Waals surface area (Å²) in [5.41, 5.74) is -0.0403. The van der Waals surface area contributed by atoms with Crippen molar-refractivity contribution in [1.29, 1.82) is 0 Å². The smallest absolute Gasteiger partial charge is 0.266 e. The fraction of sp³-hybridized carbons (Fsp3) is 0.562. The molecule has 22 heavy (non-hydrogen) atoms. The van der Waals surface area contributed by atoms with E-state index in [9.17, 15) is 4.79 Å². The highest BCUT2D eigenvalue weighted by molar-refractivity contribution is 5.08. The number of nitrogens with zero attached hydrogens (tertiary/aromatic N) is 4. The predicted octanol–water partition coefficient (Wildman–Crippen LogP) is 1.77. The first-order valence-corrected chi connectivity index (χ1v) is 8.00. The van der Waals surface area contributed by atoms with Crippen molar-refractivity contribution in [2.45, 2.75) is 50.7 Å². The van der Waals surface area contributed by atoms with Gasteiger partial charge in [0.15, 0.2) is 0 Å². The van der Waals surface area contributed by atoms with Crippen molar-refractivity contribution in [3.05, 3.63) is 46.5 Å². The van der Waals surface area contributed by atoms with Gasteiger partial charge >= 0.3 is 0 Å². The molecule has 1 atom stereocenters. The lowest BCUT2D eigenvalue weighted by Gasteiger charge is -2.23. The highest BCUT2D eigenvalue weighted by Crippen LogP contribution is 2.40. The van der Waals surface area contributed by atoms with Crippen molar-refractivity contribution in [3.63, 3.8) is 0 Å². The van der Waals surface area contributed by atoms with Crippen LogP contribution in [0.3, 0.4) is 0 Å². The van der Waals surface area contributed by atoms with E-state index in [2.05, 4.69) is 15.0 Å². The van der Waals surface area contributed by atoms with Crippen LogP contribution in [0, 0.1) is 0 Å². The van der Waals surface area contributed by atoms with Gasteiger partial charge in [-0.25, -0.2) is 9.67 Å². The Kier molecular flexibility index (Phi) is 3.54. The summed E-state index contributed by atoms with van der Waals surface area (Å²) in [6.45, 7) is 2.38. The van der Waals surface area contributed by atoms with E-state index in [1.54, 1.807) is 23.0 Å². The molecule has 116 valence electrons. The van der Waals surface area contributed by atoms with E-state index in [1.165, 1.54) is 12.8 Å². The Morgan fingerprint density at radius 1 is 1.32 bits per heavy atom. The normalized spacial score (nSPS) is 22.3. The Bertz CT molecular complexity index is 704. The predicted molar refractivity (Wildman–Crippen MR) is 80.4 cm³/mol. The summed E-state index contributed by atoms with van der Waals surface area (Å²) in [5, 5.41) is 4.16. The molecule has 2 aromatic rings. The molecule has 1 unspecified atom stereocenters. The monoisotopic (exact) mass is 300 g/mol. The minimum Gasteiger partial charge on any atom is -0.444 e. The summed E-state index contributed by atoms with van der Waals surface area (Å²) in [6, 6.07) is 3.56. The summed E-state index contributed by atoms with van der Waals surface area (Å²) in [6.07, 6.45) is 8.22. The molecule has 1 aliphatic heterocycles. The van der Waals surface area contributed by atoms with E-state index in [4.69, 9.17) is 4.42 Å². The van der Waals surface area contributed by atoms with Gasteiger partial charge in [-0.15, -0.1) is 0 Å². The molecule has 0 amide bonds. The molecule has 0 spiro atoms. The molecule has 4 rings (SSSR count). The molecule has 1 saturated heterocycles. The second kappa shape index (κ2) is 5.68. The van der Waals surface area contributed by atoms with Crippen LogP contribution in [0.25, 0.3) is 0 Å².